The van der Waals surface area contributed by atoms with Gasteiger partial charge >= 0.3 is 0 Å². The maximum atomic E-state index is 12.8. The molecule has 106 valence electrons. The number of aliphatic imine (C=N–C) groups is 1. The van der Waals surface area contributed by atoms with E-state index in [0.717, 1.165) is 5.56 Å². The van der Waals surface area contributed by atoms with Gasteiger partial charge in [-0.3, -0.25) is 4.79 Å². The van der Waals surface area contributed by atoms with E-state index >= 15 is 0 Å². The fourth-order valence-electron chi connectivity index (χ4n) is 1.83. The number of carbonyl (C=O) groups is 1. The monoisotopic (exact) mass is 340 g/mol. The van der Waals surface area contributed by atoms with Crippen LogP contribution in [0, 0.1) is 11.7 Å². The van der Waals surface area contributed by atoms with Crippen LogP contribution in [0.15, 0.2) is 41.4 Å². The van der Waals surface area contributed by atoms with Gasteiger partial charge in [-0.25, -0.2) is 9.38 Å². The lowest BCUT2D eigenvalue weighted by atomic mass is 10.0. The van der Waals surface area contributed by atoms with E-state index in [1.807, 2.05) is 0 Å². The summed E-state index contributed by atoms with van der Waals surface area (Å²) in [6.45, 7) is 0.319. The Hall–Kier alpha value is -1.53. The Balaban J connectivity index is 1.99. The summed E-state index contributed by atoms with van der Waals surface area (Å²) in [6, 6.07) is 5.97. The summed E-state index contributed by atoms with van der Waals surface area (Å²) in [6.07, 6.45) is 4.98. The zero-order valence-corrected chi connectivity index (χ0v) is 12.4. The number of alkyl halides is 1. The van der Waals surface area contributed by atoms with Gasteiger partial charge in [-0.2, -0.15) is 0 Å². The number of rotatable bonds is 4. The molecule has 0 radical (unpaired) electrons. The lowest BCUT2D eigenvalue weighted by Gasteiger charge is -2.29. The second-order valence-corrected chi connectivity index (χ2v) is 5.43. The van der Waals surface area contributed by atoms with E-state index in [1.54, 1.807) is 30.5 Å². The van der Waals surface area contributed by atoms with Crippen LogP contribution in [0.25, 0.3) is 0 Å². The molecule has 1 amide bonds. The SMILES string of the molecule is COC1(Br)N=CC=CC1C(=O)NCc1ccc(F)cc1. The average molecular weight is 341 g/mol. The first-order valence-electron chi connectivity index (χ1n) is 6.03. The molecule has 0 saturated carbocycles. The van der Waals surface area contributed by atoms with Gasteiger partial charge in [0.1, 0.15) is 11.7 Å². The molecule has 0 aliphatic carbocycles. The number of benzene rings is 1. The summed E-state index contributed by atoms with van der Waals surface area (Å²) >= 11 is 3.32. The molecule has 2 unspecified atom stereocenters. The summed E-state index contributed by atoms with van der Waals surface area (Å²) in [7, 11) is 1.48. The predicted octanol–water partition coefficient (Wildman–Crippen LogP) is 2.39. The Kier molecular flexibility index (Phi) is 4.67. The second kappa shape index (κ2) is 6.28. The van der Waals surface area contributed by atoms with Crippen molar-refractivity contribution in [1.29, 1.82) is 0 Å². The van der Waals surface area contributed by atoms with Crippen molar-refractivity contribution >= 4 is 28.1 Å². The maximum absolute atomic E-state index is 12.8. The first kappa shape index (κ1) is 14.9. The van der Waals surface area contributed by atoms with Crippen molar-refractivity contribution in [3.8, 4) is 0 Å². The highest BCUT2D eigenvalue weighted by molar-refractivity contribution is 9.10. The third kappa shape index (κ3) is 3.32. The quantitative estimate of drug-likeness (QED) is 0.675. The topological polar surface area (TPSA) is 50.7 Å². The van der Waals surface area contributed by atoms with Gasteiger partial charge in [-0.15, -0.1) is 0 Å². The normalized spacial score (nSPS) is 24.6. The van der Waals surface area contributed by atoms with E-state index < -0.39 is 10.6 Å². The van der Waals surface area contributed by atoms with Crippen molar-refractivity contribution in [2.45, 2.75) is 11.2 Å². The van der Waals surface area contributed by atoms with Gasteiger partial charge in [0.05, 0.1) is 0 Å². The molecule has 2 rings (SSSR count). The molecular weight excluding hydrogens is 327 g/mol. The van der Waals surface area contributed by atoms with Crippen LogP contribution in [0.5, 0.6) is 0 Å². The predicted molar refractivity (Wildman–Crippen MR) is 78.0 cm³/mol. The molecule has 1 aliphatic rings. The Morgan fingerprint density at radius 3 is 2.85 bits per heavy atom. The number of nitrogens with one attached hydrogen (secondary N) is 1. The van der Waals surface area contributed by atoms with Crippen LogP contribution in [0.2, 0.25) is 0 Å². The smallest absolute Gasteiger partial charge is 0.233 e. The number of nitrogens with zero attached hydrogens (tertiary/aromatic N) is 1. The fourth-order valence-corrected chi connectivity index (χ4v) is 2.31. The number of hydrogen-bond donors (Lipinski definition) is 1. The second-order valence-electron chi connectivity index (χ2n) is 4.30. The van der Waals surface area contributed by atoms with Gasteiger partial charge in [-0.1, -0.05) is 18.2 Å². The van der Waals surface area contributed by atoms with E-state index in [0.29, 0.717) is 6.54 Å². The maximum Gasteiger partial charge on any atom is 0.233 e. The number of carbonyl (C=O) groups excluding carboxylic acids is 1. The highest BCUT2D eigenvalue weighted by Crippen LogP contribution is 2.33. The third-order valence-electron chi connectivity index (χ3n) is 2.97. The summed E-state index contributed by atoms with van der Waals surface area (Å²) in [5.74, 6) is -1.09. The molecule has 0 aromatic heterocycles. The minimum absolute atomic E-state index is 0.221. The van der Waals surface area contributed by atoms with Crippen LogP contribution < -0.4 is 5.32 Å². The van der Waals surface area contributed by atoms with Crippen molar-refractivity contribution in [3.05, 3.63) is 47.8 Å². The van der Waals surface area contributed by atoms with Crippen LogP contribution in [0.1, 0.15) is 5.56 Å². The number of ether oxygens (including phenoxy) is 1. The van der Waals surface area contributed by atoms with Gasteiger partial charge < -0.3 is 10.1 Å². The van der Waals surface area contributed by atoms with E-state index in [1.165, 1.54) is 19.2 Å². The highest BCUT2D eigenvalue weighted by Gasteiger charge is 2.40. The van der Waals surface area contributed by atoms with E-state index in [4.69, 9.17) is 4.74 Å². The van der Waals surface area contributed by atoms with Gasteiger partial charge in [0.25, 0.3) is 0 Å². The largest absolute Gasteiger partial charge is 0.351 e. The van der Waals surface area contributed by atoms with Crippen LogP contribution in [-0.4, -0.2) is 23.9 Å². The molecular formula is C14H14BrFN2O2. The molecule has 0 saturated heterocycles. The molecule has 0 fully saturated rings. The molecule has 20 heavy (non-hydrogen) atoms. The van der Waals surface area contributed by atoms with Gasteiger partial charge in [0, 0.05) is 19.9 Å². The molecule has 2 atom stereocenters. The van der Waals surface area contributed by atoms with Crippen molar-refractivity contribution < 1.29 is 13.9 Å². The summed E-state index contributed by atoms with van der Waals surface area (Å²) < 4.78 is 17.0. The average Bonchev–Trinajstić information content (AvgIpc) is 2.47. The van der Waals surface area contributed by atoms with Crippen LogP contribution in [-0.2, 0) is 16.1 Å². The summed E-state index contributed by atoms with van der Waals surface area (Å²) in [5, 5.41) is 2.78. The Morgan fingerprint density at radius 2 is 2.20 bits per heavy atom. The number of dihydropyridines is 1. The van der Waals surface area contributed by atoms with Crippen molar-refractivity contribution in [2.75, 3.05) is 7.11 Å². The molecule has 0 bridgehead atoms. The van der Waals surface area contributed by atoms with Crippen LogP contribution >= 0.6 is 15.9 Å². The Bertz CT molecular complexity index is 545. The molecule has 6 heteroatoms. The molecule has 4 nitrogen and oxygen atoms in total. The van der Waals surface area contributed by atoms with Crippen LogP contribution in [0.3, 0.4) is 0 Å². The van der Waals surface area contributed by atoms with Crippen molar-refractivity contribution in [3.63, 3.8) is 0 Å². The number of allylic oxidation sites excluding steroid dienone is 1. The first-order chi connectivity index (χ1) is 9.55. The van der Waals surface area contributed by atoms with Crippen molar-refractivity contribution in [2.24, 2.45) is 10.9 Å². The molecule has 1 N–H and O–H groups in total. The van der Waals surface area contributed by atoms with E-state index in [2.05, 4.69) is 26.2 Å². The highest BCUT2D eigenvalue weighted by atomic mass is 79.9. The van der Waals surface area contributed by atoms with Gasteiger partial charge in [0.2, 0.25) is 10.5 Å². The summed E-state index contributed by atoms with van der Waals surface area (Å²) in [4.78, 5) is 16.3. The number of methoxy groups -OCH3 is 1. The third-order valence-corrected chi connectivity index (χ3v) is 3.99. The molecule has 1 heterocycles. The Morgan fingerprint density at radius 1 is 1.50 bits per heavy atom. The summed E-state index contributed by atoms with van der Waals surface area (Å²) in [5.41, 5.74) is 0.820. The first-order valence-corrected chi connectivity index (χ1v) is 6.83. The van der Waals surface area contributed by atoms with Gasteiger partial charge in [0.15, 0.2) is 0 Å². The minimum atomic E-state index is -1.07. The molecule has 1 aromatic rings. The number of halogens is 2. The fraction of sp³-hybridized carbons (Fsp3) is 0.286. The van der Waals surface area contributed by atoms with E-state index in [-0.39, 0.29) is 11.7 Å². The Labute approximate surface area is 124 Å². The van der Waals surface area contributed by atoms with Crippen LogP contribution in [0.4, 0.5) is 4.39 Å². The lowest BCUT2D eigenvalue weighted by molar-refractivity contribution is -0.128. The number of amides is 1. The van der Waals surface area contributed by atoms with E-state index in [9.17, 15) is 9.18 Å². The zero-order chi connectivity index (χ0) is 14.6. The number of hydrogen-bond acceptors (Lipinski definition) is 3. The minimum Gasteiger partial charge on any atom is -0.351 e. The zero-order valence-electron chi connectivity index (χ0n) is 10.8. The standard InChI is InChI=1S/C14H14BrFN2O2/c1-20-14(15)12(3-2-8-18-14)13(19)17-9-10-4-6-11(16)7-5-10/h2-8,12H,9H2,1H3,(H,17,19). The lowest BCUT2D eigenvalue weighted by Crippen LogP contribution is -2.43. The molecule has 1 aromatic carbocycles. The molecule has 1 aliphatic heterocycles. The molecule has 0 spiro atoms. The van der Waals surface area contributed by atoms with Gasteiger partial charge in [-0.05, 0) is 39.7 Å². The van der Waals surface area contributed by atoms with Crippen molar-refractivity contribution in [1.82, 2.24) is 5.32 Å².